The van der Waals surface area contributed by atoms with Crippen LogP contribution in [0.4, 0.5) is 8.78 Å². The summed E-state index contributed by atoms with van der Waals surface area (Å²) in [4.78, 5) is 25.9. The van der Waals surface area contributed by atoms with E-state index in [4.69, 9.17) is 0 Å². The lowest BCUT2D eigenvalue weighted by Crippen LogP contribution is -2.35. The van der Waals surface area contributed by atoms with Crippen LogP contribution >= 0.6 is 0 Å². The van der Waals surface area contributed by atoms with Crippen molar-refractivity contribution in [2.75, 3.05) is 6.54 Å². The summed E-state index contributed by atoms with van der Waals surface area (Å²) in [5.41, 5.74) is 1.96. The Kier molecular flexibility index (Phi) is 4.30. The van der Waals surface area contributed by atoms with Crippen molar-refractivity contribution in [2.45, 2.75) is 19.5 Å². The predicted molar refractivity (Wildman–Crippen MR) is 92.3 cm³/mol. The summed E-state index contributed by atoms with van der Waals surface area (Å²) >= 11 is 0. The van der Waals surface area contributed by atoms with Crippen molar-refractivity contribution in [3.8, 4) is 11.5 Å². The number of aromatic nitrogens is 3. The van der Waals surface area contributed by atoms with E-state index in [9.17, 15) is 13.6 Å². The maximum Gasteiger partial charge on any atom is 0.255 e. The molecule has 1 aliphatic rings. The highest BCUT2D eigenvalue weighted by Gasteiger charge is 2.22. The SMILES string of the molecule is O=c1[nH]c(-c2ccccn2)nc2c1CN(Cc1cc(F)ccc1F)CC2. The topological polar surface area (TPSA) is 61.9 Å². The van der Waals surface area contributed by atoms with Crippen molar-refractivity contribution < 1.29 is 8.78 Å². The van der Waals surface area contributed by atoms with Gasteiger partial charge in [0.25, 0.3) is 5.56 Å². The van der Waals surface area contributed by atoms with Gasteiger partial charge in [-0.25, -0.2) is 13.8 Å². The first-order chi connectivity index (χ1) is 12.6. The summed E-state index contributed by atoms with van der Waals surface area (Å²) in [5, 5.41) is 0. The van der Waals surface area contributed by atoms with Crippen LogP contribution in [0.3, 0.4) is 0 Å². The lowest BCUT2D eigenvalue weighted by atomic mass is 10.1. The Morgan fingerprint density at radius 3 is 2.88 bits per heavy atom. The zero-order chi connectivity index (χ0) is 18.1. The molecule has 5 nitrogen and oxygen atoms in total. The average molecular weight is 354 g/mol. The van der Waals surface area contributed by atoms with Gasteiger partial charge in [-0.15, -0.1) is 0 Å². The first-order valence-electron chi connectivity index (χ1n) is 8.30. The van der Waals surface area contributed by atoms with E-state index in [2.05, 4.69) is 15.0 Å². The maximum atomic E-state index is 13.9. The van der Waals surface area contributed by atoms with Gasteiger partial charge in [-0.05, 0) is 30.3 Å². The van der Waals surface area contributed by atoms with Crippen LogP contribution in [0.15, 0.2) is 47.4 Å². The number of H-pyrrole nitrogens is 1. The Labute approximate surface area is 148 Å². The fourth-order valence-corrected chi connectivity index (χ4v) is 3.15. The zero-order valence-electron chi connectivity index (χ0n) is 13.9. The molecule has 132 valence electrons. The summed E-state index contributed by atoms with van der Waals surface area (Å²) in [6.45, 7) is 1.20. The molecule has 0 aliphatic carbocycles. The van der Waals surface area contributed by atoms with Gasteiger partial charge in [0.05, 0.1) is 11.3 Å². The minimum atomic E-state index is -0.474. The first kappa shape index (κ1) is 16.5. The van der Waals surface area contributed by atoms with E-state index in [0.29, 0.717) is 36.6 Å². The van der Waals surface area contributed by atoms with Crippen LogP contribution in [-0.4, -0.2) is 26.4 Å². The van der Waals surface area contributed by atoms with E-state index in [0.717, 1.165) is 17.8 Å². The smallest absolute Gasteiger partial charge is 0.255 e. The molecule has 1 N–H and O–H groups in total. The molecular weight excluding hydrogens is 338 g/mol. The summed E-state index contributed by atoms with van der Waals surface area (Å²) in [6, 6.07) is 8.82. The van der Waals surface area contributed by atoms with Gasteiger partial charge in [0.2, 0.25) is 0 Å². The van der Waals surface area contributed by atoms with Gasteiger partial charge < -0.3 is 4.98 Å². The van der Waals surface area contributed by atoms with Crippen molar-refractivity contribution in [1.82, 2.24) is 19.9 Å². The van der Waals surface area contributed by atoms with Crippen molar-refractivity contribution in [3.05, 3.63) is 81.4 Å². The van der Waals surface area contributed by atoms with E-state index in [1.807, 2.05) is 11.0 Å². The third-order valence-corrected chi connectivity index (χ3v) is 4.46. The molecule has 2 aromatic heterocycles. The third kappa shape index (κ3) is 3.25. The first-order valence-corrected chi connectivity index (χ1v) is 8.30. The van der Waals surface area contributed by atoms with Crippen LogP contribution in [0, 0.1) is 11.6 Å². The van der Waals surface area contributed by atoms with Crippen LogP contribution in [0.2, 0.25) is 0 Å². The molecule has 0 fully saturated rings. The molecule has 0 atom stereocenters. The molecule has 1 aliphatic heterocycles. The highest BCUT2D eigenvalue weighted by Crippen LogP contribution is 2.20. The van der Waals surface area contributed by atoms with Crippen molar-refractivity contribution >= 4 is 0 Å². The van der Waals surface area contributed by atoms with Gasteiger partial charge in [0.1, 0.15) is 17.3 Å². The number of aromatic amines is 1. The highest BCUT2D eigenvalue weighted by atomic mass is 19.1. The maximum absolute atomic E-state index is 13.9. The number of hydrogen-bond acceptors (Lipinski definition) is 4. The van der Waals surface area contributed by atoms with Gasteiger partial charge in [-0.2, -0.15) is 0 Å². The van der Waals surface area contributed by atoms with E-state index >= 15 is 0 Å². The number of nitrogens with zero attached hydrogens (tertiary/aromatic N) is 3. The van der Waals surface area contributed by atoms with Crippen molar-refractivity contribution in [3.63, 3.8) is 0 Å². The molecule has 0 amide bonds. The van der Waals surface area contributed by atoms with Crippen LogP contribution in [-0.2, 0) is 19.5 Å². The minimum absolute atomic E-state index is 0.222. The molecule has 0 spiro atoms. The number of fused-ring (bicyclic) bond motifs is 1. The Morgan fingerprint density at radius 1 is 1.19 bits per heavy atom. The number of rotatable bonds is 3. The van der Waals surface area contributed by atoms with Crippen molar-refractivity contribution in [1.29, 1.82) is 0 Å². The summed E-state index contributed by atoms with van der Waals surface area (Å²) in [5.74, 6) is -0.480. The second kappa shape index (κ2) is 6.76. The number of benzene rings is 1. The number of hydrogen-bond donors (Lipinski definition) is 1. The fraction of sp³-hybridized carbons (Fsp3) is 0.211. The molecule has 0 saturated carbocycles. The zero-order valence-corrected chi connectivity index (χ0v) is 13.9. The second-order valence-corrected chi connectivity index (χ2v) is 6.25. The van der Waals surface area contributed by atoms with Crippen LogP contribution < -0.4 is 5.56 Å². The second-order valence-electron chi connectivity index (χ2n) is 6.25. The average Bonchev–Trinajstić information content (AvgIpc) is 2.66. The number of pyridine rings is 1. The van der Waals surface area contributed by atoms with E-state index in [1.54, 1.807) is 18.3 Å². The van der Waals surface area contributed by atoms with Gasteiger partial charge in [0, 0.05) is 37.8 Å². The fourth-order valence-electron chi connectivity index (χ4n) is 3.15. The van der Waals surface area contributed by atoms with Gasteiger partial charge in [-0.3, -0.25) is 14.7 Å². The predicted octanol–water partition coefficient (Wildman–Crippen LogP) is 2.67. The molecule has 1 aromatic carbocycles. The Bertz CT molecular complexity index is 1000. The molecule has 7 heteroatoms. The standard InChI is InChI=1S/C19H16F2N4O/c20-13-4-5-15(21)12(9-13)10-25-8-6-16-14(11-25)19(26)24-18(23-16)17-3-1-2-7-22-17/h1-5,7,9H,6,8,10-11H2,(H,23,24,26). The quantitative estimate of drug-likeness (QED) is 0.786. The lowest BCUT2D eigenvalue weighted by Gasteiger charge is -2.27. The largest absolute Gasteiger partial charge is 0.305 e. The molecular formula is C19H16F2N4O. The van der Waals surface area contributed by atoms with Gasteiger partial charge in [0.15, 0.2) is 5.82 Å². The number of nitrogens with one attached hydrogen (secondary N) is 1. The Hall–Kier alpha value is -2.93. The highest BCUT2D eigenvalue weighted by molar-refractivity contribution is 5.49. The minimum Gasteiger partial charge on any atom is -0.305 e. The van der Waals surface area contributed by atoms with Crippen LogP contribution in [0.5, 0.6) is 0 Å². The lowest BCUT2D eigenvalue weighted by molar-refractivity contribution is 0.238. The van der Waals surface area contributed by atoms with E-state index < -0.39 is 11.6 Å². The molecule has 26 heavy (non-hydrogen) atoms. The van der Waals surface area contributed by atoms with Gasteiger partial charge >= 0.3 is 0 Å². The molecule has 0 bridgehead atoms. The summed E-state index contributed by atoms with van der Waals surface area (Å²) in [6.07, 6.45) is 2.21. The number of halogens is 2. The van der Waals surface area contributed by atoms with E-state index in [1.165, 1.54) is 6.07 Å². The molecule has 3 heterocycles. The van der Waals surface area contributed by atoms with Crippen molar-refractivity contribution in [2.24, 2.45) is 0 Å². The molecule has 0 saturated heterocycles. The van der Waals surface area contributed by atoms with E-state index in [-0.39, 0.29) is 17.7 Å². The Morgan fingerprint density at radius 2 is 2.08 bits per heavy atom. The third-order valence-electron chi connectivity index (χ3n) is 4.46. The molecule has 0 radical (unpaired) electrons. The molecule has 3 aromatic rings. The molecule has 0 unspecified atom stereocenters. The van der Waals surface area contributed by atoms with Crippen LogP contribution in [0.1, 0.15) is 16.8 Å². The molecule has 4 rings (SSSR count). The monoisotopic (exact) mass is 354 g/mol. The van der Waals surface area contributed by atoms with Gasteiger partial charge in [-0.1, -0.05) is 6.07 Å². The summed E-state index contributed by atoms with van der Waals surface area (Å²) in [7, 11) is 0. The van der Waals surface area contributed by atoms with Crippen LogP contribution in [0.25, 0.3) is 11.5 Å². The summed E-state index contributed by atoms with van der Waals surface area (Å²) < 4.78 is 27.2. The normalized spacial score (nSPS) is 14.2. The Balaban J connectivity index is 1.59.